The van der Waals surface area contributed by atoms with Crippen LogP contribution in [0.3, 0.4) is 0 Å². The Kier molecular flexibility index (Phi) is 5.14. The van der Waals surface area contributed by atoms with Crippen LogP contribution < -0.4 is 4.74 Å². The van der Waals surface area contributed by atoms with E-state index in [9.17, 15) is 10.1 Å². The maximum Gasteiger partial charge on any atom is 0.288 e. The van der Waals surface area contributed by atoms with E-state index in [0.29, 0.717) is 17.9 Å². The summed E-state index contributed by atoms with van der Waals surface area (Å²) in [7, 11) is 1.63. The Labute approximate surface area is 127 Å². The summed E-state index contributed by atoms with van der Waals surface area (Å²) in [6, 6.07) is 12.1. The number of nitrogens with zero attached hydrogens (tertiary/aromatic N) is 1. The zero-order chi connectivity index (χ0) is 15.2. The second-order valence-corrected chi connectivity index (χ2v) is 4.82. The molecule has 0 aromatic heterocycles. The second-order valence-electron chi connectivity index (χ2n) is 4.41. The molecule has 0 spiro atoms. The van der Waals surface area contributed by atoms with Gasteiger partial charge in [-0.3, -0.25) is 10.1 Å². The number of halogens is 1. The Morgan fingerprint density at radius 3 is 2.62 bits per heavy atom. The van der Waals surface area contributed by atoms with E-state index in [1.807, 2.05) is 24.3 Å². The number of nitro groups is 1. The highest BCUT2D eigenvalue weighted by Crippen LogP contribution is 2.25. The minimum Gasteiger partial charge on any atom is -0.489 e. The molecular formula is C15H14ClNO4. The molecule has 0 amide bonds. The largest absolute Gasteiger partial charge is 0.489 e. The fourth-order valence-corrected chi connectivity index (χ4v) is 2.03. The van der Waals surface area contributed by atoms with E-state index in [1.165, 1.54) is 12.1 Å². The normalized spacial score (nSPS) is 10.4. The zero-order valence-electron chi connectivity index (χ0n) is 11.4. The first-order valence-corrected chi connectivity index (χ1v) is 6.61. The van der Waals surface area contributed by atoms with Gasteiger partial charge in [0.05, 0.1) is 11.5 Å². The van der Waals surface area contributed by atoms with Gasteiger partial charge >= 0.3 is 0 Å². The molecule has 0 bridgehead atoms. The Morgan fingerprint density at radius 1 is 1.14 bits per heavy atom. The third kappa shape index (κ3) is 4.18. The molecule has 0 fully saturated rings. The molecule has 21 heavy (non-hydrogen) atoms. The summed E-state index contributed by atoms with van der Waals surface area (Å²) >= 11 is 5.77. The fourth-order valence-electron chi connectivity index (χ4n) is 1.85. The van der Waals surface area contributed by atoms with Gasteiger partial charge < -0.3 is 9.47 Å². The van der Waals surface area contributed by atoms with Crippen molar-refractivity contribution in [3.63, 3.8) is 0 Å². The first-order chi connectivity index (χ1) is 10.1. The van der Waals surface area contributed by atoms with Crippen LogP contribution in [0.15, 0.2) is 42.5 Å². The van der Waals surface area contributed by atoms with Crippen molar-refractivity contribution < 1.29 is 14.4 Å². The van der Waals surface area contributed by atoms with Crippen molar-refractivity contribution in [2.45, 2.75) is 13.2 Å². The van der Waals surface area contributed by atoms with Crippen molar-refractivity contribution in [3.05, 3.63) is 68.7 Å². The average Bonchev–Trinajstić information content (AvgIpc) is 2.47. The van der Waals surface area contributed by atoms with Gasteiger partial charge in [0.2, 0.25) is 0 Å². The maximum atomic E-state index is 10.8. The lowest BCUT2D eigenvalue weighted by atomic mass is 10.2. The van der Waals surface area contributed by atoms with Crippen LogP contribution in [0.2, 0.25) is 5.02 Å². The topological polar surface area (TPSA) is 61.6 Å². The van der Waals surface area contributed by atoms with Gasteiger partial charge in [0.15, 0.2) is 0 Å². The standard InChI is InChI=1S/C15H14ClNO4/c1-20-9-11-3-2-4-13(7-11)21-10-12-5-6-14(16)15(8-12)17(18)19/h2-8H,9-10H2,1H3. The average molecular weight is 308 g/mol. The lowest BCUT2D eigenvalue weighted by molar-refractivity contribution is -0.384. The number of rotatable bonds is 6. The minimum atomic E-state index is -0.509. The molecule has 2 rings (SSSR count). The Balaban J connectivity index is 2.07. The van der Waals surface area contributed by atoms with Gasteiger partial charge in [0.25, 0.3) is 5.69 Å². The summed E-state index contributed by atoms with van der Waals surface area (Å²) in [5.41, 5.74) is 1.56. The second kappa shape index (κ2) is 7.06. The molecule has 0 unspecified atom stereocenters. The predicted molar refractivity (Wildman–Crippen MR) is 79.6 cm³/mol. The lowest BCUT2D eigenvalue weighted by Gasteiger charge is -2.08. The molecule has 0 saturated heterocycles. The van der Waals surface area contributed by atoms with Crippen LogP contribution in [0.5, 0.6) is 5.75 Å². The van der Waals surface area contributed by atoms with Gasteiger partial charge in [-0.2, -0.15) is 0 Å². The van der Waals surface area contributed by atoms with Crippen LogP contribution in [0.4, 0.5) is 5.69 Å². The van der Waals surface area contributed by atoms with Crippen molar-refractivity contribution >= 4 is 17.3 Å². The van der Waals surface area contributed by atoms with Crippen LogP contribution in [0.1, 0.15) is 11.1 Å². The molecule has 2 aromatic rings. The molecule has 0 radical (unpaired) electrons. The molecule has 5 nitrogen and oxygen atoms in total. The molecule has 0 atom stereocenters. The monoisotopic (exact) mass is 307 g/mol. The molecular weight excluding hydrogens is 294 g/mol. The molecule has 0 aliphatic rings. The van der Waals surface area contributed by atoms with Crippen molar-refractivity contribution in [2.24, 2.45) is 0 Å². The van der Waals surface area contributed by atoms with E-state index >= 15 is 0 Å². The first kappa shape index (κ1) is 15.3. The van der Waals surface area contributed by atoms with Crippen molar-refractivity contribution in [3.8, 4) is 5.75 Å². The third-order valence-corrected chi connectivity index (χ3v) is 3.14. The van der Waals surface area contributed by atoms with Crippen molar-refractivity contribution in [1.82, 2.24) is 0 Å². The minimum absolute atomic E-state index is 0.117. The molecule has 110 valence electrons. The highest BCUT2D eigenvalue weighted by Gasteiger charge is 2.12. The number of methoxy groups -OCH3 is 1. The summed E-state index contributed by atoms with van der Waals surface area (Å²) in [5, 5.41) is 10.9. The van der Waals surface area contributed by atoms with E-state index in [0.717, 1.165) is 5.56 Å². The predicted octanol–water partition coefficient (Wildman–Crippen LogP) is 3.97. The smallest absolute Gasteiger partial charge is 0.288 e. The summed E-state index contributed by atoms with van der Waals surface area (Å²) in [6.07, 6.45) is 0. The van der Waals surface area contributed by atoms with Gasteiger partial charge in [-0.15, -0.1) is 0 Å². The van der Waals surface area contributed by atoms with E-state index in [-0.39, 0.29) is 17.3 Å². The SMILES string of the molecule is COCc1cccc(OCc2ccc(Cl)c([N+](=O)[O-])c2)c1. The highest BCUT2D eigenvalue weighted by atomic mass is 35.5. The molecule has 2 aromatic carbocycles. The number of nitro benzene ring substituents is 1. The van der Waals surface area contributed by atoms with Crippen LogP contribution in [-0.2, 0) is 18.0 Å². The van der Waals surface area contributed by atoms with Crippen molar-refractivity contribution in [1.29, 1.82) is 0 Å². The number of hydrogen-bond acceptors (Lipinski definition) is 4. The highest BCUT2D eigenvalue weighted by molar-refractivity contribution is 6.32. The lowest BCUT2D eigenvalue weighted by Crippen LogP contribution is -1.98. The van der Waals surface area contributed by atoms with Gasteiger partial charge in [-0.25, -0.2) is 0 Å². The van der Waals surface area contributed by atoms with Gasteiger partial charge in [-0.1, -0.05) is 29.8 Å². The number of benzene rings is 2. The molecule has 0 aliphatic carbocycles. The summed E-state index contributed by atoms with van der Waals surface area (Å²) in [4.78, 5) is 10.3. The molecule has 0 N–H and O–H groups in total. The van der Waals surface area contributed by atoms with E-state index in [4.69, 9.17) is 21.1 Å². The molecule has 0 saturated carbocycles. The van der Waals surface area contributed by atoms with E-state index in [2.05, 4.69) is 0 Å². The van der Waals surface area contributed by atoms with E-state index in [1.54, 1.807) is 13.2 Å². The van der Waals surface area contributed by atoms with Gasteiger partial charge in [0.1, 0.15) is 17.4 Å². The van der Waals surface area contributed by atoms with Gasteiger partial charge in [-0.05, 0) is 29.3 Å². The third-order valence-electron chi connectivity index (χ3n) is 2.82. The van der Waals surface area contributed by atoms with Crippen LogP contribution in [0, 0.1) is 10.1 Å². The van der Waals surface area contributed by atoms with Crippen LogP contribution in [0.25, 0.3) is 0 Å². The Bertz CT molecular complexity index is 645. The summed E-state index contributed by atoms with van der Waals surface area (Å²) in [5.74, 6) is 0.683. The first-order valence-electron chi connectivity index (χ1n) is 6.23. The van der Waals surface area contributed by atoms with Crippen molar-refractivity contribution in [2.75, 3.05) is 7.11 Å². The zero-order valence-corrected chi connectivity index (χ0v) is 12.2. The number of hydrogen-bond donors (Lipinski definition) is 0. The molecule has 0 heterocycles. The van der Waals surface area contributed by atoms with Crippen LogP contribution in [-0.4, -0.2) is 12.0 Å². The molecule has 0 aliphatic heterocycles. The number of ether oxygens (including phenoxy) is 2. The summed E-state index contributed by atoms with van der Waals surface area (Å²) in [6.45, 7) is 0.734. The van der Waals surface area contributed by atoms with Gasteiger partial charge in [0, 0.05) is 13.2 Å². The maximum absolute atomic E-state index is 10.8. The summed E-state index contributed by atoms with van der Waals surface area (Å²) < 4.78 is 10.7. The fraction of sp³-hybridized carbons (Fsp3) is 0.200. The Hall–Kier alpha value is -2.11. The molecule has 6 heteroatoms. The Morgan fingerprint density at radius 2 is 1.90 bits per heavy atom. The quantitative estimate of drug-likeness (QED) is 0.598. The van der Waals surface area contributed by atoms with Crippen LogP contribution >= 0.6 is 11.6 Å². The van der Waals surface area contributed by atoms with E-state index < -0.39 is 4.92 Å².